The largest absolute Gasteiger partial charge is 0.369 e. The van der Waals surface area contributed by atoms with Crippen molar-refractivity contribution >= 4 is 5.69 Å². The van der Waals surface area contributed by atoms with E-state index in [0.29, 0.717) is 11.3 Å². The highest BCUT2D eigenvalue weighted by Gasteiger charge is 2.11. The smallest absolute Gasteiger partial charge is 0.271 e. The summed E-state index contributed by atoms with van der Waals surface area (Å²) < 4.78 is 0. The van der Waals surface area contributed by atoms with Crippen molar-refractivity contribution in [2.24, 2.45) is 0 Å². The first-order valence-electron chi connectivity index (χ1n) is 8.34. The molecule has 128 valence electrons. The second-order valence-corrected chi connectivity index (χ2v) is 5.91. The maximum Gasteiger partial charge on any atom is 0.271 e. The predicted octanol–water partition coefficient (Wildman–Crippen LogP) is 3.49. The summed E-state index contributed by atoms with van der Waals surface area (Å²) in [5.41, 5.74) is 3.77. The number of aliphatic hydroxyl groups is 1. The van der Waals surface area contributed by atoms with E-state index in [-0.39, 0.29) is 5.56 Å². The van der Waals surface area contributed by atoms with Gasteiger partial charge in [0.05, 0.1) is 0 Å². The first kappa shape index (κ1) is 16.9. The lowest BCUT2D eigenvalue weighted by atomic mass is 10.1. The third-order valence-electron chi connectivity index (χ3n) is 4.04. The first-order chi connectivity index (χ1) is 12.2. The number of anilines is 1. The SMILES string of the molecule is CCCc1ccc(C(O)Nc2cc(-c3ccncc3)c[nH]c2=O)cc1. The van der Waals surface area contributed by atoms with Gasteiger partial charge in [-0.3, -0.25) is 9.78 Å². The predicted molar refractivity (Wildman–Crippen MR) is 99.3 cm³/mol. The van der Waals surface area contributed by atoms with Crippen molar-refractivity contribution in [2.45, 2.75) is 26.0 Å². The highest BCUT2D eigenvalue weighted by molar-refractivity contribution is 5.66. The van der Waals surface area contributed by atoms with Crippen LogP contribution in [-0.4, -0.2) is 15.1 Å². The third kappa shape index (κ3) is 4.14. The summed E-state index contributed by atoms with van der Waals surface area (Å²) in [6, 6.07) is 13.2. The van der Waals surface area contributed by atoms with Gasteiger partial charge in [0.1, 0.15) is 5.69 Å². The minimum atomic E-state index is -0.954. The number of hydrogen-bond acceptors (Lipinski definition) is 4. The number of rotatable bonds is 6. The molecule has 3 aromatic rings. The lowest BCUT2D eigenvalue weighted by Gasteiger charge is -2.15. The molecule has 0 radical (unpaired) electrons. The molecule has 0 saturated heterocycles. The van der Waals surface area contributed by atoms with Gasteiger partial charge in [-0.05, 0) is 35.7 Å². The minimum Gasteiger partial charge on any atom is -0.369 e. The first-order valence-corrected chi connectivity index (χ1v) is 8.34. The van der Waals surface area contributed by atoms with Gasteiger partial charge in [-0.25, -0.2) is 0 Å². The van der Waals surface area contributed by atoms with Crippen molar-refractivity contribution in [3.63, 3.8) is 0 Å². The molecule has 3 N–H and O–H groups in total. The zero-order valence-electron chi connectivity index (χ0n) is 14.1. The summed E-state index contributed by atoms with van der Waals surface area (Å²) >= 11 is 0. The van der Waals surface area contributed by atoms with Gasteiger partial charge >= 0.3 is 0 Å². The van der Waals surface area contributed by atoms with E-state index in [2.05, 4.69) is 22.2 Å². The van der Waals surface area contributed by atoms with Crippen molar-refractivity contribution in [3.8, 4) is 11.1 Å². The topological polar surface area (TPSA) is 78.0 Å². The number of benzene rings is 1. The van der Waals surface area contributed by atoms with Gasteiger partial charge in [0, 0.05) is 29.7 Å². The van der Waals surface area contributed by atoms with E-state index in [0.717, 1.165) is 24.0 Å². The molecule has 1 unspecified atom stereocenters. The Labute approximate surface area is 146 Å². The maximum absolute atomic E-state index is 12.1. The quantitative estimate of drug-likeness (QED) is 0.603. The highest BCUT2D eigenvalue weighted by Crippen LogP contribution is 2.21. The van der Waals surface area contributed by atoms with E-state index in [4.69, 9.17) is 0 Å². The van der Waals surface area contributed by atoms with Crippen LogP contribution in [0.15, 0.2) is 65.8 Å². The van der Waals surface area contributed by atoms with Crippen molar-refractivity contribution < 1.29 is 5.11 Å². The Morgan fingerprint density at radius 2 is 1.84 bits per heavy atom. The van der Waals surface area contributed by atoms with Crippen LogP contribution in [0.25, 0.3) is 11.1 Å². The van der Waals surface area contributed by atoms with Crippen LogP contribution < -0.4 is 10.9 Å². The van der Waals surface area contributed by atoms with Crippen LogP contribution in [0.5, 0.6) is 0 Å². The number of aliphatic hydroxyl groups excluding tert-OH is 1. The zero-order valence-corrected chi connectivity index (χ0v) is 14.1. The van der Waals surface area contributed by atoms with Gasteiger partial charge in [-0.15, -0.1) is 0 Å². The van der Waals surface area contributed by atoms with Gasteiger partial charge in [0.25, 0.3) is 5.56 Å². The van der Waals surface area contributed by atoms with Crippen LogP contribution in [0.2, 0.25) is 0 Å². The van der Waals surface area contributed by atoms with Crippen LogP contribution in [-0.2, 0) is 6.42 Å². The molecule has 5 heteroatoms. The third-order valence-corrected chi connectivity index (χ3v) is 4.04. The number of nitrogens with zero attached hydrogens (tertiary/aromatic N) is 1. The molecule has 0 bridgehead atoms. The lowest BCUT2D eigenvalue weighted by Crippen LogP contribution is -2.18. The molecule has 3 rings (SSSR count). The van der Waals surface area contributed by atoms with Crippen molar-refractivity contribution in [2.75, 3.05) is 5.32 Å². The fourth-order valence-corrected chi connectivity index (χ4v) is 2.69. The van der Waals surface area contributed by atoms with Crippen molar-refractivity contribution in [1.82, 2.24) is 9.97 Å². The summed E-state index contributed by atoms with van der Waals surface area (Å²) in [5.74, 6) is 0. The van der Waals surface area contributed by atoms with E-state index >= 15 is 0 Å². The molecular weight excluding hydrogens is 314 g/mol. The Hall–Kier alpha value is -2.92. The Kier molecular flexibility index (Phi) is 5.26. The fraction of sp³-hybridized carbons (Fsp3) is 0.200. The van der Waals surface area contributed by atoms with Crippen molar-refractivity contribution in [3.05, 3.63) is 82.5 Å². The summed E-state index contributed by atoms with van der Waals surface area (Å²) in [5, 5.41) is 13.3. The molecule has 0 fully saturated rings. The Bertz CT molecular complexity index is 873. The van der Waals surface area contributed by atoms with Gasteiger partial charge in [0.2, 0.25) is 0 Å². The molecule has 5 nitrogen and oxygen atoms in total. The van der Waals surface area contributed by atoms with Crippen LogP contribution in [0, 0.1) is 0 Å². The average Bonchev–Trinajstić information content (AvgIpc) is 2.65. The molecular formula is C20H21N3O2. The molecule has 1 atom stereocenters. The van der Waals surface area contributed by atoms with E-state index in [1.54, 1.807) is 24.7 Å². The second kappa shape index (κ2) is 7.77. The number of pyridine rings is 2. The van der Waals surface area contributed by atoms with Crippen molar-refractivity contribution in [1.29, 1.82) is 0 Å². The van der Waals surface area contributed by atoms with Crippen LogP contribution in [0.4, 0.5) is 5.69 Å². The lowest BCUT2D eigenvalue weighted by molar-refractivity contribution is 0.208. The summed E-state index contributed by atoms with van der Waals surface area (Å²) in [4.78, 5) is 18.8. The summed E-state index contributed by atoms with van der Waals surface area (Å²) in [6.45, 7) is 2.13. The van der Waals surface area contributed by atoms with Crippen LogP contribution in [0.1, 0.15) is 30.7 Å². The molecule has 0 aliphatic rings. The monoisotopic (exact) mass is 335 g/mol. The Balaban J connectivity index is 1.81. The van der Waals surface area contributed by atoms with Crippen LogP contribution >= 0.6 is 0 Å². The summed E-state index contributed by atoms with van der Waals surface area (Å²) in [6.07, 6.45) is 6.17. The van der Waals surface area contributed by atoms with Gasteiger partial charge < -0.3 is 15.4 Å². The standard InChI is InChI=1S/C20H21N3O2/c1-2-3-14-4-6-16(7-5-14)19(24)23-18-12-17(13-22-20(18)25)15-8-10-21-11-9-15/h4-13,19,23-24H,2-3H2,1H3,(H,22,25). The molecule has 0 spiro atoms. The molecule has 0 aliphatic carbocycles. The molecule has 1 aromatic carbocycles. The number of H-pyrrole nitrogens is 1. The molecule has 2 aromatic heterocycles. The van der Waals surface area contributed by atoms with Gasteiger partial charge in [0.15, 0.2) is 6.23 Å². The molecule has 0 saturated carbocycles. The highest BCUT2D eigenvalue weighted by atomic mass is 16.3. The average molecular weight is 335 g/mol. The number of hydrogen-bond donors (Lipinski definition) is 3. The second-order valence-electron chi connectivity index (χ2n) is 5.91. The number of aromatic amines is 1. The normalized spacial score (nSPS) is 11.9. The van der Waals surface area contributed by atoms with E-state index < -0.39 is 6.23 Å². The molecule has 25 heavy (non-hydrogen) atoms. The minimum absolute atomic E-state index is 0.278. The maximum atomic E-state index is 12.1. The fourth-order valence-electron chi connectivity index (χ4n) is 2.69. The Morgan fingerprint density at radius 1 is 1.12 bits per heavy atom. The molecule has 0 aliphatic heterocycles. The Morgan fingerprint density at radius 3 is 2.52 bits per heavy atom. The molecule has 2 heterocycles. The van der Waals surface area contributed by atoms with Crippen LogP contribution in [0.3, 0.4) is 0 Å². The number of aryl methyl sites for hydroxylation is 1. The summed E-state index contributed by atoms with van der Waals surface area (Å²) in [7, 11) is 0. The van der Waals surface area contributed by atoms with Gasteiger partial charge in [-0.1, -0.05) is 37.6 Å². The number of aromatic nitrogens is 2. The number of nitrogens with one attached hydrogen (secondary N) is 2. The van der Waals surface area contributed by atoms with E-state index in [1.807, 2.05) is 36.4 Å². The zero-order chi connectivity index (χ0) is 17.6. The van der Waals surface area contributed by atoms with E-state index in [1.165, 1.54) is 5.56 Å². The van der Waals surface area contributed by atoms with E-state index in [9.17, 15) is 9.90 Å². The van der Waals surface area contributed by atoms with Gasteiger partial charge in [-0.2, -0.15) is 0 Å². The molecule has 0 amide bonds.